The van der Waals surface area contributed by atoms with Crippen LogP contribution in [0.4, 0.5) is 5.82 Å². The van der Waals surface area contributed by atoms with E-state index in [1.807, 2.05) is 12.1 Å². The average Bonchev–Trinajstić information content (AvgIpc) is 2.61. The van der Waals surface area contributed by atoms with E-state index in [0.717, 1.165) is 10.9 Å². The highest BCUT2D eigenvalue weighted by Gasteiger charge is 2.32. The molecule has 1 saturated heterocycles. The molecule has 1 fully saturated rings. The van der Waals surface area contributed by atoms with Crippen LogP contribution in [-0.2, 0) is 0 Å². The average molecular weight is 273 g/mol. The van der Waals surface area contributed by atoms with Crippen molar-refractivity contribution >= 4 is 21.7 Å². The van der Waals surface area contributed by atoms with Crippen LogP contribution in [-0.4, -0.2) is 34.1 Å². The Balaban J connectivity index is 2.24. The van der Waals surface area contributed by atoms with Gasteiger partial charge in [0.1, 0.15) is 12.0 Å². The van der Waals surface area contributed by atoms with Gasteiger partial charge >= 0.3 is 0 Å². The second kappa shape index (κ2) is 4.47. The lowest BCUT2D eigenvalue weighted by Crippen LogP contribution is -2.38. The highest BCUT2D eigenvalue weighted by molar-refractivity contribution is 9.10. The molecule has 2 unspecified atom stereocenters. The molecule has 0 saturated carbocycles. The lowest BCUT2D eigenvalue weighted by atomic mass is 10.2. The fourth-order valence-corrected chi connectivity index (χ4v) is 2.14. The van der Waals surface area contributed by atoms with Crippen LogP contribution in [0.3, 0.4) is 0 Å². The van der Waals surface area contributed by atoms with Gasteiger partial charge in [0.25, 0.3) is 0 Å². The molecule has 1 aliphatic rings. The predicted octanol–water partition coefficient (Wildman–Crippen LogP) is 1.12. The van der Waals surface area contributed by atoms with Crippen LogP contribution in [0, 0.1) is 0 Å². The van der Waals surface area contributed by atoms with E-state index in [1.54, 1.807) is 11.1 Å². The number of pyridine rings is 1. The number of aromatic nitrogens is 1. The van der Waals surface area contributed by atoms with Crippen molar-refractivity contribution in [3.63, 3.8) is 0 Å². The van der Waals surface area contributed by atoms with Crippen LogP contribution in [0.5, 0.6) is 0 Å². The normalized spacial score (nSPS) is 25.9. The molecule has 1 aromatic rings. The standard InChI is InChI=1S/C10H13BrN2O2/c11-7-1-3-9(12-5-7)13-8(6-14)2-4-10(13)15/h1,3,5,8,10,14-15H,2,4,6H2. The summed E-state index contributed by atoms with van der Waals surface area (Å²) in [6, 6.07) is 3.69. The molecule has 0 amide bonds. The molecule has 15 heavy (non-hydrogen) atoms. The van der Waals surface area contributed by atoms with E-state index in [9.17, 15) is 10.2 Å². The van der Waals surface area contributed by atoms with Crippen LogP contribution in [0.25, 0.3) is 0 Å². The smallest absolute Gasteiger partial charge is 0.130 e. The minimum Gasteiger partial charge on any atom is -0.394 e. The zero-order valence-electron chi connectivity index (χ0n) is 8.17. The lowest BCUT2D eigenvalue weighted by molar-refractivity contribution is 0.175. The second-order valence-corrected chi connectivity index (χ2v) is 4.55. The Kier molecular flexibility index (Phi) is 3.23. The molecule has 1 aliphatic heterocycles. The van der Waals surface area contributed by atoms with E-state index in [0.29, 0.717) is 12.2 Å². The third kappa shape index (κ3) is 2.14. The summed E-state index contributed by atoms with van der Waals surface area (Å²) >= 11 is 3.31. The zero-order chi connectivity index (χ0) is 10.8. The van der Waals surface area contributed by atoms with Gasteiger partial charge in [-0.2, -0.15) is 0 Å². The van der Waals surface area contributed by atoms with Crippen LogP contribution < -0.4 is 4.90 Å². The van der Waals surface area contributed by atoms with Crippen molar-refractivity contribution < 1.29 is 10.2 Å². The molecule has 2 N–H and O–H groups in total. The molecule has 0 spiro atoms. The van der Waals surface area contributed by atoms with Gasteiger partial charge in [-0.15, -0.1) is 0 Å². The molecular weight excluding hydrogens is 260 g/mol. The maximum Gasteiger partial charge on any atom is 0.130 e. The Bertz CT molecular complexity index is 331. The SMILES string of the molecule is OCC1CCC(O)N1c1ccc(Br)cn1. The summed E-state index contributed by atoms with van der Waals surface area (Å²) < 4.78 is 0.903. The molecule has 82 valence electrons. The number of aliphatic hydroxyl groups excluding tert-OH is 2. The van der Waals surface area contributed by atoms with Gasteiger partial charge in [0.15, 0.2) is 0 Å². The van der Waals surface area contributed by atoms with E-state index < -0.39 is 6.23 Å². The summed E-state index contributed by atoms with van der Waals surface area (Å²) in [5.41, 5.74) is 0. The Labute approximate surface area is 96.7 Å². The van der Waals surface area contributed by atoms with Gasteiger partial charge in [-0.05, 0) is 40.9 Å². The molecule has 5 heteroatoms. The molecule has 2 heterocycles. The number of hydrogen-bond donors (Lipinski definition) is 2. The first-order valence-electron chi connectivity index (χ1n) is 4.91. The Hall–Kier alpha value is -0.650. The molecular formula is C10H13BrN2O2. The molecule has 4 nitrogen and oxygen atoms in total. The summed E-state index contributed by atoms with van der Waals surface area (Å²) in [5, 5.41) is 19.0. The van der Waals surface area contributed by atoms with E-state index in [-0.39, 0.29) is 12.6 Å². The van der Waals surface area contributed by atoms with Crippen molar-refractivity contribution in [2.75, 3.05) is 11.5 Å². The summed E-state index contributed by atoms with van der Waals surface area (Å²) in [6.45, 7) is 0.0504. The first kappa shape index (κ1) is 10.9. The van der Waals surface area contributed by atoms with Crippen LogP contribution in [0.15, 0.2) is 22.8 Å². The van der Waals surface area contributed by atoms with Gasteiger partial charge in [-0.3, -0.25) is 0 Å². The highest BCUT2D eigenvalue weighted by Crippen LogP contribution is 2.28. The minimum absolute atomic E-state index is 0.0197. The van der Waals surface area contributed by atoms with Gasteiger partial charge in [-0.1, -0.05) is 0 Å². The molecule has 0 aliphatic carbocycles. The molecule has 0 bridgehead atoms. The van der Waals surface area contributed by atoms with Crippen molar-refractivity contribution in [2.45, 2.75) is 25.1 Å². The largest absolute Gasteiger partial charge is 0.394 e. The summed E-state index contributed by atoms with van der Waals surface area (Å²) in [6.07, 6.45) is 2.64. The molecule has 2 rings (SSSR count). The van der Waals surface area contributed by atoms with Crippen molar-refractivity contribution in [1.29, 1.82) is 0 Å². The van der Waals surface area contributed by atoms with Gasteiger partial charge in [0, 0.05) is 10.7 Å². The summed E-state index contributed by atoms with van der Waals surface area (Å²) in [5.74, 6) is 0.710. The Morgan fingerprint density at radius 3 is 2.87 bits per heavy atom. The first-order valence-corrected chi connectivity index (χ1v) is 5.70. The van der Waals surface area contributed by atoms with Crippen LogP contribution in [0.1, 0.15) is 12.8 Å². The fourth-order valence-electron chi connectivity index (χ4n) is 1.90. The number of hydrogen-bond acceptors (Lipinski definition) is 4. The topological polar surface area (TPSA) is 56.6 Å². The number of anilines is 1. The maximum atomic E-state index is 9.78. The van der Waals surface area contributed by atoms with Gasteiger partial charge in [-0.25, -0.2) is 4.98 Å². The number of nitrogens with zero attached hydrogens (tertiary/aromatic N) is 2. The van der Waals surface area contributed by atoms with Gasteiger partial charge in [0.05, 0.1) is 12.6 Å². The minimum atomic E-state index is -0.532. The molecule has 2 atom stereocenters. The van der Waals surface area contributed by atoms with Crippen molar-refractivity contribution in [3.8, 4) is 0 Å². The van der Waals surface area contributed by atoms with Crippen LogP contribution >= 0.6 is 15.9 Å². The molecule has 0 aromatic carbocycles. The quantitative estimate of drug-likeness (QED) is 0.848. The fraction of sp³-hybridized carbons (Fsp3) is 0.500. The van der Waals surface area contributed by atoms with E-state index >= 15 is 0 Å². The Morgan fingerprint density at radius 2 is 2.27 bits per heavy atom. The second-order valence-electron chi connectivity index (χ2n) is 3.64. The third-order valence-corrected chi connectivity index (χ3v) is 3.13. The number of halogens is 1. The van der Waals surface area contributed by atoms with E-state index in [2.05, 4.69) is 20.9 Å². The monoisotopic (exact) mass is 272 g/mol. The highest BCUT2D eigenvalue weighted by atomic mass is 79.9. The molecule has 0 radical (unpaired) electrons. The zero-order valence-corrected chi connectivity index (χ0v) is 9.76. The Morgan fingerprint density at radius 1 is 1.47 bits per heavy atom. The van der Waals surface area contributed by atoms with Crippen molar-refractivity contribution in [2.24, 2.45) is 0 Å². The third-order valence-electron chi connectivity index (χ3n) is 2.66. The summed E-state index contributed by atoms with van der Waals surface area (Å²) in [7, 11) is 0. The van der Waals surface area contributed by atoms with Crippen LogP contribution in [0.2, 0.25) is 0 Å². The van der Waals surface area contributed by atoms with Crippen molar-refractivity contribution in [1.82, 2.24) is 4.98 Å². The maximum absolute atomic E-state index is 9.78. The number of rotatable bonds is 2. The van der Waals surface area contributed by atoms with Gasteiger partial charge in [0.2, 0.25) is 0 Å². The summed E-state index contributed by atoms with van der Waals surface area (Å²) in [4.78, 5) is 5.99. The molecule has 1 aromatic heterocycles. The number of aliphatic hydroxyl groups is 2. The van der Waals surface area contributed by atoms with Gasteiger partial charge < -0.3 is 15.1 Å². The predicted molar refractivity (Wildman–Crippen MR) is 60.5 cm³/mol. The lowest BCUT2D eigenvalue weighted by Gasteiger charge is -2.27. The first-order chi connectivity index (χ1) is 7.22. The van der Waals surface area contributed by atoms with Crippen molar-refractivity contribution in [3.05, 3.63) is 22.8 Å². The van der Waals surface area contributed by atoms with E-state index in [1.165, 1.54) is 0 Å². The van der Waals surface area contributed by atoms with E-state index in [4.69, 9.17) is 0 Å².